The molecule has 4 nitrogen and oxygen atoms in total. The Balaban J connectivity index is 5.19. The summed E-state index contributed by atoms with van der Waals surface area (Å²) in [5.74, 6) is 0.327. The highest BCUT2D eigenvalue weighted by Gasteiger charge is 2.49. The molecule has 0 bridgehead atoms. The number of methoxy groups -OCH3 is 1. The molecule has 0 aliphatic rings. The molecule has 0 amide bonds. The first-order valence-corrected chi connectivity index (χ1v) is 14.1. The first-order chi connectivity index (χ1) is 15.9. The van der Waals surface area contributed by atoms with Crippen LogP contribution in [0.3, 0.4) is 0 Å². The van der Waals surface area contributed by atoms with Crippen LogP contribution in [0.5, 0.6) is 0 Å². The van der Waals surface area contributed by atoms with Gasteiger partial charge in [0.05, 0.1) is 19.6 Å². The van der Waals surface area contributed by atoms with E-state index in [-0.39, 0.29) is 39.5 Å². The van der Waals surface area contributed by atoms with Gasteiger partial charge in [0.1, 0.15) is 0 Å². The predicted molar refractivity (Wildman–Crippen MR) is 148 cm³/mol. The molecular weight excluding hydrogens is 436 g/mol. The van der Waals surface area contributed by atoms with Gasteiger partial charge in [0.25, 0.3) is 0 Å². The van der Waals surface area contributed by atoms with Gasteiger partial charge < -0.3 is 9.47 Å². The first-order valence-electron chi connectivity index (χ1n) is 14.1. The highest BCUT2D eigenvalue weighted by Crippen LogP contribution is 2.53. The van der Waals surface area contributed by atoms with Crippen molar-refractivity contribution in [2.75, 3.05) is 13.7 Å². The number of unbranched alkanes of at least 4 members (excludes halogenated alkanes) is 5. The molecule has 0 saturated carbocycles. The Bertz CT molecular complexity index is 619. The van der Waals surface area contributed by atoms with Crippen LogP contribution in [-0.2, 0) is 19.1 Å². The fourth-order valence-electron chi connectivity index (χ4n) is 5.15. The molecule has 0 spiro atoms. The highest BCUT2D eigenvalue weighted by molar-refractivity contribution is 5.73. The van der Waals surface area contributed by atoms with Crippen molar-refractivity contribution in [2.24, 2.45) is 33.5 Å². The zero-order valence-electron chi connectivity index (χ0n) is 25.6. The van der Waals surface area contributed by atoms with E-state index >= 15 is 0 Å². The van der Waals surface area contributed by atoms with Crippen molar-refractivity contribution in [3.05, 3.63) is 0 Å². The molecule has 0 fully saturated rings. The Labute approximate surface area is 218 Å². The van der Waals surface area contributed by atoms with Crippen molar-refractivity contribution in [2.45, 2.75) is 140 Å². The van der Waals surface area contributed by atoms with Gasteiger partial charge in [-0.3, -0.25) is 9.59 Å². The van der Waals surface area contributed by atoms with Crippen molar-refractivity contribution in [3.63, 3.8) is 0 Å². The lowest BCUT2D eigenvalue weighted by molar-refractivity contribution is -0.159. The van der Waals surface area contributed by atoms with Crippen molar-refractivity contribution in [1.82, 2.24) is 0 Å². The summed E-state index contributed by atoms with van der Waals surface area (Å²) in [6, 6.07) is 0. The lowest BCUT2D eigenvalue weighted by atomic mass is 9.54. The Morgan fingerprint density at radius 1 is 0.743 bits per heavy atom. The monoisotopic (exact) mass is 496 g/mol. The number of carbonyl (C=O) groups is 2. The minimum Gasteiger partial charge on any atom is -0.469 e. The number of ether oxygens (including phenoxy) is 2. The van der Waals surface area contributed by atoms with Gasteiger partial charge in [0.15, 0.2) is 0 Å². The van der Waals surface area contributed by atoms with Gasteiger partial charge in [0, 0.05) is 6.42 Å². The minimum absolute atomic E-state index is 0.0124. The van der Waals surface area contributed by atoms with Gasteiger partial charge in [-0.15, -0.1) is 0 Å². The summed E-state index contributed by atoms with van der Waals surface area (Å²) in [5.41, 5.74) is 0.0829. The molecule has 0 aromatic carbocycles. The molecule has 0 aliphatic carbocycles. The number of rotatable bonds is 16. The van der Waals surface area contributed by atoms with Crippen LogP contribution in [0.2, 0.25) is 0 Å². The largest absolute Gasteiger partial charge is 0.469 e. The summed E-state index contributed by atoms with van der Waals surface area (Å²) in [4.78, 5) is 24.4. The molecule has 0 aromatic heterocycles. The van der Waals surface area contributed by atoms with Gasteiger partial charge >= 0.3 is 11.9 Å². The molecule has 35 heavy (non-hydrogen) atoms. The quantitative estimate of drug-likeness (QED) is 0.158. The highest BCUT2D eigenvalue weighted by atomic mass is 16.5. The molecule has 0 heterocycles. The Morgan fingerprint density at radius 3 is 1.71 bits per heavy atom. The van der Waals surface area contributed by atoms with Crippen LogP contribution in [0, 0.1) is 33.5 Å². The molecular formula is C31H60O4. The summed E-state index contributed by atoms with van der Waals surface area (Å²) in [5, 5.41) is 0. The van der Waals surface area contributed by atoms with Gasteiger partial charge in [-0.25, -0.2) is 0 Å². The molecule has 4 heteroatoms. The van der Waals surface area contributed by atoms with E-state index in [1.54, 1.807) is 0 Å². The van der Waals surface area contributed by atoms with E-state index in [9.17, 15) is 9.59 Å². The number of esters is 2. The molecule has 208 valence electrons. The molecule has 0 rings (SSSR count). The molecule has 0 saturated heterocycles. The second kappa shape index (κ2) is 14.6. The zero-order valence-corrected chi connectivity index (χ0v) is 25.6. The lowest BCUT2D eigenvalue weighted by Crippen LogP contribution is -2.46. The van der Waals surface area contributed by atoms with Crippen LogP contribution in [0.1, 0.15) is 140 Å². The Kier molecular flexibility index (Phi) is 14.2. The molecule has 0 N–H and O–H groups in total. The first kappa shape index (κ1) is 33.9. The van der Waals surface area contributed by atoms with Crippen LogP contribution in [0.15, 0.2) is 0 Å². The predicted octanol–water partition coefficient (Wildman–Crippen LogP) is 9.00. The molecule has 2 atom stereocenters. The maximum absolute atomic E-state index is 13.1. The summed E-state index contributed by atoms with van der Waals surface area (Å²) >= 11 is 0. The molecule has 0 aromatic rings. The van der Waals surface area contributed by atoms with Gasteiger partial charge in [-0.05, 0) is 60.2 Å². The van der Waals surface area contributed by atoms with E-state index in [1.807, 2.05) is 6.92 Å². The zero-order chi connectivity index (χ0) is 27.5. The Morgan fingerprint density at radius 2 is 1.26 bits per heavy atom. The van der Waals surface area contributed by atoms with E-state index in [0.29, 0.717) is 18.9 Å². The Hall–Kier alpha value is -1.06. The smallest absolute Gasteiger partial charge is 0.309 e. The SMILES string of the molecule is CCOC(=O)C(CC(C)(C)C)C(C)(C)C(C)(C)CC(CCCCCCCCC(=O)OC)C(C)(C)C. The van der Waals surface area contributed by atoms with E-state index in [4.69, 9.17) is 9.47 Å². The van der Waals surface area contributed by atoms with Gasteiger partial charge in [-0.2, -0.15) is 0 Å². The number of carbonyl (C=O) groups excluding carboxylic acids is 2. The van der Waals surface area contributed by atoms with Crippen molar-refractivity contribution in [1.29, 1.82) is 0 Å². The lowest BCUT2D eigenvalue weighted by Gasteiger charge is -2.50. The van der Waals surface area contributed by atoms with Gasteiger partial charge in [0.2, 0.25) is 0 Å². The maximum atomic E-state index is 13.1. The van der Waals surface area contributed by atoms with E-state index < -0.39 is 0 Å². The molecule has 0 radical (unpaired) electrons. The minimum atomic E-state index is -0.185. The van der Waals surface area contributed by atoms with E-state index in [2.05, 4.69) is 69.2 Å². The van der Waals surface area contributed by atoms with Crippen LogP contribution < -0.4 is 0 Å². The van der Waals surface area contributed by atoms with Crippen molar-refractivity contribution >= 4 is 11.9 Å². The fourth-order valence-corrected chi connectivity index (χ4v) is 5.15. The van der Waals surface area contributed by atoms with Gasteiger partial charge in [-0.1, -0.05) is 101 Å². The summed E-state index contributed by atoms with van der Waals surface area (Å²) in [6.07, 6.45) is 10.6. The normalized spacial score (nSPS) is 15.0. The van der Waals surface area contributed by atoms with Crippen molar-refractivity contribution < 1.29 is 19.1 Å². The van der Waals surface area contributed by atoms with E-state index in [1.165, 1.54) is 39.2 Å². The van der Waals surface area contributed by atoms with Crippen molar-refractivity contribution in [3.8, 4) is 0 Å². The third-order valence-electron chi connectivity index (χ3n) is 8.40. The second-order valence-electron chi connectivity index (χ2n) is 14.2. The van der Waals surface area contributed by atoms with Crippen LogP contribution in [0.4, 0.5) is 0 Å². The number of hydrogen-bond acceptors (Lipinski definition) is 4. The van der Waals surface area contributed by atoms with Crippen LogP contribution >= 0.6 is 0 Å². The van der Waals surface area contributed by atoms with E-state index in [0.717, 1.165) is 25.7 Å². The maximum Gasteiger partial charge on any atom is 0.309 e. The topological polar surface area (TPSA) is 52.6 Å². The fraction of sp³-hybridized carbons (Fsp3) is 0.935. The third kappa shape index (κ3) is 12.6. The second-order valence-corrected chi connectivity index (χ2v) is 14.2. The van der Waals surface area contributed by atoms with Crippen LogP contribution in [-0.4, -0.2) is 25.7 Å². The van der Waals surface area contributed by atoms with Crippen LogP contribution in [0.25, 0.3) is 0 Å². The molecule has 0 aliphatic heterocycles. The standard InChI is InChI=1S/C31H60O4/c1-13-35-27(33)25(23-28(2,3)4)31(10,11)30(8,9)22-24(29(5,6)7)20-18-16-14-15-17-19-21-26(32)34-12/h24-25H,13-23H2,1-12H3. The average Bonchev–Trinajstić information content (AvgIpc) is 2.71. The summed E-state index contributed by atoms with van der Waals surface area (Å²) in [7, 11) is 1.46. The third-order valence-corrected chi connectivity index (χ3v) is 8.40. The molecule has 2 unspecified atom stereocenters. The summed E-state index contributed by atoms with van der Waals surface area (Å²) in [6.45, 7) is 25.4. The summed E-state index contributed by atoms with van der Waals surface area (Å²) < 4.78 is 10.3. The number of hydrogen-bond donors (Lipinski definition) is 0. The average molecular weight is 497 g/mol.